The molecule has 88 valence electrons. The van der Waals surface area contributed by atoms with Crippen molar-refractivity contribution in [3.05, 3.63) is 71.3 Å². The van der Waals surface area contributed by atoms with Crippen LogP contribution in [-0.2, 0) is 11.2 Å². The summed E-state index contributed by atoms with van der Waals surface area (Å²) in [6.07, 6.45) is 0.639. The third kappa shape index (κ3) is 1.18. The Bertz CT molecular complexity index is 633. The maximum absolute atomic E-state index is 12.4. The first-order valence-electron chi connectivity index (χ1n) is 6.17. The topological polar surface area (TPSA) is 29.6 Å². The smallest absolute Gasteiger partial charge is 0.198 e. The molecule has 1 saturated heterocycles. The van der Waals surface area contributed by atoms with Crippen LogP contribution < -0.4 is 0 Å². The van der Waals surface area contributed by atoms with E-state index in [2.05, 4.69) is 0 Å². The molecule has 1 aliphatic heterocycles. The average molecular weight is 236 g/mol. The fraction of sp³-hybridized carbons (Fsp3) is 0.188. The van der Waals surface area contributed by atoms with E-state index in [1.165, 1.54) is 0 Å². The van der Waals surface area contributed by atoms with Gasteiger partial charge in [-0.05, 0) is 11.1 Å². The summed E-state index contributed by atoms with van der Waals surface area (Å²) >= 11 is 0. The van der Waals surface area contributed by atoms with E-state index in [4.69, 9.17) is 4.74 Å². The van der Waals surface area contributed by atoms with Crippen LogP contribution in [0.3, 0.4) is 0 Å². The molecule has 0 saturated carbocycles. The number of Topliss-reactive ketones (excluding diaryl/α,β-unsaturated/α-hetero) is 1. The van der Waals surface area contributed by atoms with Crippen LogP contribution in [0.1, 0.15) is 27.6 Å². The average Bonchev–Trinajstić information content (AvgIpc) is 3.08. The molecule has 0 N–H and O–H groups in total. The van der Waals surface area contributed by atoms with Gasteiger partial charge in [-0.25, -0.2) is 0 Å². The first kappa shape index (κ1) is 10.0. The van der Waals surface area contributed by atoms with Gasteiger partial charge in [0.05, 0.1) is 0 Å². The van der Waals surface area contributed by atoms with Crippen molar-refractivity contribution in [1.29, 1.82) is 0 Å². The Balaban J connectivity index is 1.73. The number of hydrogen-bond acceptors (Lipinski definition) is 2. The lowest BCUT2D eigenvalue weighted by Crippen LogP contribution is -2.20. The van der Waals surface area contributed by atoms with Gasteiger partial charge in [0.2, 0.25) is 0 Å². The Morgan fingerprint density at radius 2 is 1.72 bits per heavy atom. The molecule has 2 aromatic rings. The Hall–Kier alpha value is -1.93. The number of ether oxygens (including phenoxy) is 1. The van der Waals surface area contributed by atoms with Crippen LogP contribution in [-0.4, -0.2) is 11.4 Å². The molecule has 4 rings (SSSR count). The van der Waals surface area contributed by atoms with Crippen molar-refractivity contribution in [2.75, 3.05) is 0 Å². The number of ketones is 1. The predicted octanol–water partition coefficient (Wildman–Crippen LogP) is 2.94. The third-order valence-corrected chi connectivity index (χ3v) is 3.90. The summed E-state index contributed by atoms with van der Waals surface area (Å²) in [7, 11) is 0. The summed E-state index contributed by atoms with van der Waals surface area (Å²) in [5, 5.41) is 0. The van der Waals surface area contributed by atoms with Gasteiger partial charge in [-0.2, -0.15) is 0 Å². The molecule has 2 aromatic carbocycles. The van der Waals surface area contributed by atoms with E-state index in [0.717, 1.165) is 16.7 Å². The number of fused-ring (bicyclic) bond motifs is 1. The van der Waals surface area contributed by atoms with Crippen LogP contribution in [0.15, 0.2) is 54.6 Å². The van der Waals surface area contributed by atoms with Crippen LogP contribution in [0.4, 0.5) is 0 Å². The lowest BCUT2D eigenvalue weighted by Gasteiger charge is -2.00. The van der Waals surface area contributed by atoms with E-state index < -0.39 is 5.60 Å². The maximum Gasteiger partial charge on any atom is 0.198 e. The quantitative estimate of drug-likeness (QED) is 0.712. The lowest BCUT2D eigenvalue weighted by molar-refractivity contribution is 0.0894. The minimum atomic E-state index is -0.606. The largest absolute Gasteiger partial charge is 0.352 e. The van der Waals surface area contributed by atoms with Crippen molar-refractivity contribution in [1.82, 2.24) is 0 Å². The second-order valence-corrected chi connectivity index (χ2v) is 4.96. The molecular formula is C16H12O2. The highest BCUT2D eigenvalue weighted by atomic mass is 16.6. The minimum Gasteiger partial charge on any atom is -0.352 e. The normalized spacial score (nSPS) is 28.4. The van der Waals surface area contributed by atoms with E-state index in [1.807, 2.05) is 54.6 Å². The highest BCUT2D eigenvalue weighted by Gasteiger charge is 2.65. The van der Waals surface area contributed by atoms with Crippen LogP contribution in [0, 0.1) is 0 Å². The van der Waals surface area contributed by atoms with Gasteiger partial charge in [-0.15, -0.1) is 0 Å². The fourth-order valence-corrected chi connectivity index (χ4v) is 2.94. The van der Waals surface area contributed by atoms with Crippen molar-refractivity contribution >= 4 is 5.78 Å². The first-order valence-corrected chi connectivity index (χ1v) is 6.17. The second-order valence-electron chi connectivity index (χ2n) is 4.96. The summed E-state index contributed by atoms with van der Waals surface area (Å²) < 4.78 is 5.80. The zero-order valence-electron chi connectivity index (χ0n) is 9.80. The van der Waals surface area contributed by atoms with E-state index in [1.54, 1.807) is 0 Å². The maximum atomic E-state index is 12.4. The zero-order chi connectivity index (χ0) is 12.2. The van der Waals surface area contributed by atoms with Crippen molar-refractivity contribution < 1.29 is 9.53 Å². The number of carbonyl (C=O) groups excluding carboxylic acids is 1. The third-order valence-electron chi connectivity index (χ3n) is 3.90. The van der Waals surface area contributed by atoms with Gasteiger partial charge >= 0.3 is 0 Å². The number of epoxide rings is 1. The van der Waals surface area contributed by atoms with Crippen molar-refractivity contribution in [3.63, 3.8) is 0 Å². The van der Waals surface area contributed by atoms with Crippen LogP contribution in [0.5, 0.6) is 0 Å². The van der Waals surface area contributed by atoms with E-state index in [-0.39, 0.29) is 11.9 Å². The minimum absolute atomic E-state index is 0.0707. The van der Waals surface area contributed by atoms with Crippen molar-refractivity contribution in [2.45, 2.75) is 18.1 Å². The molecule has 0 radical (unpaired) electrons. The lowest BCUT2D eigenvalue weighted by atomic mass is 9.96. The van der Waals surface area contributed by atoms with E-state index in [0.29, 0.717) is 6.42 Å². The molecule has 1 spiro atoms. The first-order chi connectivity index (χ1) is 8.81. The molecule has 1 aliphatic carbocycles. The summed E-state index contributed by atoms with van der Waals surface area (Å²) in [4.78, 5) is 12.4. The predicted molar refractivity (Wildman–Crippen MR) is 67.5 cm³/mol. The number of benzene rings is 2. The fourth-order valence-electron chi connectivity index (χ4n) is 2.94. The molecule has 18 heavy (non-hydrogen) atoms. The van der Waals surface area contributed by atoms with Gasteiger partial charge in [0, 0.05) is 12.0 Å². The van der Waals surface area contributed by atoms with Gasteiger partial charge in [-0.1, -0.05) is 54.6 Å². The van der Waals surface area contributed by atoms with Gasteiger partial charge in [0.25, 0.3) is 0 Å². The van der Waals surface area contributed by atoms with Gasteiger partial charge in [-0.3, -0.25) is 4.79 Å². The van der Waals surface area contributed by atoms with Crippen LogP contribution >= 0.6 is 0 Å². The molecule has 1 heterocycles. The molecular weight excluding hydrogens is 224 g/mol. The van der Waals surface area contributed by atoms with Gasteiger partial charge in [0.15, 0.2) is 11.4 Å². The molecule has 0 unspecified atom stereocenters. The zero-order valence-corrected chi connectivity index (χ0v) is 9.80. The number of rotatable bonds is 1. The molecule has 1 fully saturated rings. The van der Waals surface area contributed by atoms with Crippen molar-refractivity contribution in [2.24, 2.45) is 0 Å². The molecule has 0 amide bonds. The number of hydrogen-bond donors (Lipinski definition) is 0. The Morgan fingerprint density at radius 3 is 2.50 bits per heavy atom. The SMILES string of the molecule is O=C1c2ccccc2C[C@@]12O[C@@H]2c1ccccc1. The Labute approximate surface area is 105 Å². The summed E-state index contributed by atoms with van der Waals surface area (Å²) in [5.74, 6) is 0.145. The standard InChI is InChI=1S/C16H12O2/c17-14-13-9-5-4-8-12(13)10-16(14)15(18-16)11-6-2-1-3-7-11/h1-9,15H,10H2/t15-,16-/m1/s1. The van der Waals surface area contributed by atoms with E-state index >= 15 is 0 Å². The highest BCUT2D eigenvalue weighted by Crippen LogP contribution is 2.56. The van der Waals surface area contributed by atoms with E-state index in [9.17, 15) is 4.79 Å². The second kappa shape index (κ2) is 3.30. The molecule has 0 bridgehead atoms. The summed E-state index contributed by atoms with van der Waals surface area (Å²) in [5.41, 5.74) is 2.43. The van der Waals surface area contributed by atoms with Crippen LogP contribution in [0.25, 0.3) is 0 Å². The van der Waals surface area contributed by atoms with Crippen LogP contribution in [0.2, 0.25) is 0 Å². The van der Waals surface area contributed by atoms with Gasteiger partial charge < -0.3 is 4.74 Å². The highest BCUT2D eigenvalue weighted by molar-refractivity contribution is 6.09. The Morgan fingerprint density at radius 1 is 1.00 bits per heavy atom. The van der Waals surface area contributed by atoms with Crippen molar-refractivity contribution in [3.8, 4) is 0 Å². The van der Waals surface area contributed by atoms with Gasteiger partial charge in [0.1, 0.15) is 6.10 Å². The monoisotopic (exact) mass is 236 g/mol. The molecule has 2 aliphatic rings. The molecule has 0 aromatic heterocycles. The molecule has 2 nitrogen and oxygen atoms in total. The molecule has 2 heteroatoms. The molecule has 2 atom stereocenters. The number of carbonyl (C=O) groups is 1. The summed E-state index contributed by atoms with van der Waals surface area (Å²) in [6.45, 7) is 0. The Kier molecular flexibility index (Phi) is 1.84. The summed E-state index contributed by atoms with van der Waals surface area (Å²) in [6, 6.07) is 17.8.